The zero-order valence-electron chi connectivity index (χ0n) is 17.5. The molecule has 0 saturated heterocycles. The van der Waals surface area contributed by atoms with Gasteiger partial charge in [-0.15, -0.1) is 10.2 Å². The Balaban J connectivity index is 1.64. The van der Waals surface area contributed by atoms with Crippen molar-refractivity contribution in [2.45, 2.75) is 25.5 Å². The number of carbonyl (C=O) groups is 2. The molecule has 30 heavy (non-hydrogen) atoms. The number of furan rings is 1. The Hall–Kier alpha value is -3.07. The highest BCUT2D eigenvalue weighted by Gasteiger charge is 2.18. The maximum Gasteiger partial charge on any atom is 0.253 e. The van der Waals surface area contributed by atoms with Gasteiger partial charge in [0.15, 0.2) is 16.7 Å². The van der Waals surface area contributed by atoms with Gasteiger partial charge in [-0.1, -0.05) is 25.6 Å². The fraction of sp³-hybridized carbons (Fsp3) is 0.333. The molecule has 2 amide bonds. The van der Waals surface area contributed by atoms with Crippen molar-refractivity contribution in [1.82, 2.24) is 19.7 Å². The maximum atomic E-state index is 12.4. The van der Waals surface area contributed by atoms with Crippen molar-refractivity contribution in [3.8, 4) is 11.6 Å². The lowest BCUT2D eigenvalue weighted by Gasteiger charge is -2.12. The van der Waals surface area contributed by atoms with E-state index in [1.807, 2.05) is 10.6 Å². The summed E-state index contributed by atoms with van der Waals surface area (Å²) in [5, 5.41) is 12.0. The molecule has 8 nitrogen and oxygen atoms in total. The number of carbonyl (C=O) groups excluding carboxylic acids is 2. The quantitative estimate of drug-likeness (QED) is 0.552. The summed E-state index contributed by atoms with van der Waals surface area (Å²) in [6.07, 6.45) is 1.60. The summed E-state index contributed by atoms with van der Waals surface area (Å²) >= 11 is 1.32. The summed E-state index contributed by atoms with van der Waals surface area (Å²) in [6, 6.07) is 10.5. The Morgan fingerprint density at radius 2 is 1.90 bits per heavy atom. The lowest BCUT2D eigenvalue weighted by Crippen LogP contribution is -2.21. The molecule has 2 aromatic heterocycles. The number of aromatic nitrogens is 3. The SMILES string of the molecule is CC(C)Cn1c(SCC(=O)Nc2ccc(C(=O)N(C)C)cc2)nnc1-c1ccco1. The predicted molar refractivity (Wildman–Crippen MR) is 116 cm³/mol. The Bertz CT molecular complexity index is 994. The van der Waals surface area contributed by atoms with E-state index < -0.39 is 0 Å². The largest absolute Gasteiger partial charge is 0.461 e. The monoisotopic (exact) mass is 427 g/mol. The first-order chi connectivity index (χ1) is 14.3. The summed E-state index contributed by atoms with van der Waals surface area (Å²) in [5.41, 5.74) is 1.20. The predicted octanol–water partition coefficient (Wildman–Crippen LogP) is 3.63. The fourth-order valence-corrected chi connectivity index (χ4v) is 3.54. The van der Waals surface area contributed by atoms with Crippen LogP contribution in [-0.2, 0) is 11.3 Å². The second-order valence-electron chi connectivity index (χ2n) is 7.40. The van der Waals surface area contributed by atoms with Crippen LogP contribution in [0.1, 0.15) is 24.2 Å². The first kappa shape index (κ1) is 21.6. The Kier molecular flexibility index (Phi) is 6.94. The minimum absolute atomic E-state index is 0.0831. The summed E-state index contributed by atoms with van der Waals surface area (Å²) < 4.78 is 7.44. The van der Waals surface area contributed by atoms with E-state index in [2.05, 4.69) is 29.4 Å². The zero-order valence-corrected chi connectivity index (χ0v) is 18.3. The molecule has 9 heteroatoms. The van der Waals surface area contributed by atoms with Crippen LogP contribution in [0.25, 0.3) is 11.6 Å². The van der Waals surface area contributed by atoms with E-state index in [0.717, 1.165) is 0 Å². The van der Waals surface area contributed by atoms with E-state index in [0.29, 0.717) is 40.5 Å². The summed E-state index contributed by atoms with van der Waals surface area (Å²) in [5.74, 6) is 1.62. The van der Waals surface area contributed by atoms with Crippen LogP contribution in [0.2, 0.25) is 0 Å². The number of nitrogens with zero attached hydrogens (tertiary/aromatic N) is 4. The van der Waals surface area contributed by atoms with Crippen LogP contribution >= 0.6 is 11.8 Å². The fourth-order valence-electron chi connectivity index (χ4n) is 2.79. The summed E-state index contributed by atoms with van der Waals surface area (Å²) in [4.78, 5) is 25.9. The molecule has 3 aromatic rings. The molecule has 158 valence electrons. The Morgan fingerprint density at radius 1 is 1.17 bits per heavy atom. The molecule has 0 spiro atoms. The second-order valence-corrected chi connectivity index (χ2v) is 8.34. The first-order valence-corrected chi connectivity index (χ1v) is 10.5. The van der Waals surface area contributed by atoms with Gasteiger partial charge in [-0.2, -0.15) is 0 Å². The van der Waals surface area contributed by atoms with Crippen molar-refractivity contribution in [2.24, 2.45) is 5.92 Å². The van der Waals surface area contributed by atoms with Gasteiger partial charge in [-0.25, -0.2) is 0 Å². The highest BCUT2D eigenvalue weighted by Crippen LogP contribution is 2.25. The minimum Gasteiger partial charge on any atom is -0.461 e. The van der Waals surface area contributed by atoms with E-state index in [1.165, 1.54) is 16.7 Å². The number of thioether (sulfide) groups is 1. The zero-order chi connectivity index (χ0) is 21.7. The average Bonchev–Trinajstić information content (AvgIpc) is 3.36. The number of hydrogen-bond acceptors (Lipinski definition) is 6. The molecule has 0 atom stereocenters. The van der Waals surface area contributed by atoms with Gasteiger partial charge in [0.25, 0.3) is 5.91 Å². The van der Waals surface area contributed by atoms with Crippen molar-refractivity contribution in [3.63, 3.8) is 0 Å². The van der Waals surface area contributed by atoms with Crippen LogP contribution in [0.5, 0.6) is 0 Å². The van der Waals surface area contributed by atoms with Crippen LogP contribution in [0, 0.1) is 5.92 Å². The van der Waals surface area contributed by atoms with Crippen molar-refractivity contribution in [3.05, 3.63) is 48.2 Å². The van der Waals surface area contributed by atoms with E-state index in [4.69, 9.17) is 4.42 Å². The molecule has 0 radical (unpaired) electrons. The molecule has 1 N–H and O–H groups in total. The molecular weight excluding hydrogens is 402 g/mol. The number of hydrogen-bond donors (Lipinski definition) is 1. The smallest absolute Gasteiger partial charge is 0.253 e. The van der Waals surface area contributed by atoms with E-state index >= 15 is 0 Å². The van der Waals surface area contributed by atoms with Crippen LogP contribution in [-0.4, -0.2) is 51.3 Å². The highest BCUT2D eigenvalue weighted by molar-refractivity contribution is 7.99. The molecule has 1 aromatic carbocycles. The molecule has 0 aliphatic rings. The topological polar surface area (TPSA) is 93.3 Å². The van der Waals surface area contributed by atoms with E-state index in [1.54, 1.807) is 50.7 Å². The molecular formula is C21H25N5O3S. The van der Waals surface area contributed by atoms with Crippen LogP contribution in [0.15, 0.2) is 52.2 Å². The van der Waals surface area contributed by atoms with Crippen molar-refractivity contribution >= 4 is 29.3 Å². The maximum absolute atomic E-state index is 12.4. The molecule has 2 heterocycles. The van der Waals surface area contributed by atoms with Gasteiger partial charge in [-0.05, 0) is 42.3 Å². The van der Waals surface area contributed by atoms with Crippen LogP contribution in [0.3, 0.4) is 0 Å². The molecule has 0 saturated carbocycles. The summed E-state index contributed by atoms with van der Waals surface area (Å²) in [6.45, 7) is 4.93. The minimum atomic E-state index is -0.162. The normalized spacial score (nSPS) is 11.0. The Labute approximate surface area is 179 Å². The second kappa shape index (κ2) is 9.62. The van der Waals surface area contributed by atoms with E-state index in [-0.39, 0.29) is 17.6 Å². The lowest BCUT2D eigenvalue weighted by atomic mass is 10.2. The molecule has 0 aliphatic heterocycles. The first-order valence-electron chi connectivity index (χ1n) is 9.56. The van der Waals surface area contributed by atoms with Gasteiger partial charge in [0, 0.05) is 31.9 Å². The van der Waals surface area contributed by atoms with Crippen LogP contribution < -0.4 is 5.32 Å². The van der Waals surface area contributed by atoms with Gasteiger partial charge in [0.05, 0.1) is 12.0 Å². The summed E-state index contributed by atoms with van der Waals surface area (Å²) in [7, 11) is 3.40. The van der Waals surface area contributed by atoms with Gasteiger partial charge in [-0.3, -0.25) is 14.2 Å². The Morgan fingerprint density at radius 3 is 2.50 bits per heavy atom. The third-order valence-electron chi connectivity index (χ3n) is 4.16. The van der Waals surface area contributed by atoms with Gasteiger partial charge < -0.3 is 14.6 Å². The number of nitrogens with one attached hydrogen (secondary N) is 1. The van der Waals surface area contributed by atoms with Crippen molar-refractivity contribution in [1.29, 1.82) is 0 Å². The highest BCUT2D eigenvalue weighted by atomic mass is 32.2. The molecule has 3 rings (SSSR count). The lowest BCUT2D eigenvalue weighted by molar-refractivity contribution is -0.113. The van der Waals surface area contributed by atoms with Gasteiger partial charge in [0.1, 0.15) is 0 Å². The molecule has 0 bridgehead atoms. The number of rotatable bonds is 8. The van der Waals surface area contributed by atoms with Crippen molar-refractivity contribution in [2.75, 3.05) is 25.2 Å². The molecule has 0 unspecified atom stereocenters. The van der Waals surface area contributed by atoms with Gasteiger partial charge in [0.2, 0.25) is 5.91 Å². The molecule has 0 aliphatic carbocycles. The standard InChI is InChI=1S/C21H25N5O3S/c1-14(2)12-26-19(17-6-5-11-29-17)23-24-21(26)30-13-18(27)22-16-9-7-15(8-10-16)20(28)25(3)4/h5-11,14H,12-13H2,1-4H3,(H,22,27). The average molecular weight is 428 g/mol. The number of anilines is 1. The van der Waals surface area contributed by atoms with Gasteiger partial charge >= 0.3 is 0 Å². The molecule has 0 fully saturated rings. The third kappa shape index (κ3) is 5.29. The van der Waals surface area contributed by atoms with Crippen molar-refractivity contribution < 1.29 is 14.0 Å². The number of amides is 2. The van der Waals surface area contributed by atoms with E-state index in [9.17, 15) is 9.59 Å². The number of benzene rings is 1. The van der Waals surface area contributed by atoms with Crippen LogP contribution in [0.4, 0.5) is 5.69 Å². The third-order valence-corrected chi connectivity index (χ3v) is 5.13.